The van der Waals surface area contributed by atoms with Crippen molar-refractivity contribution in [1.29, 1.82) is 0 Å². The van der Waals surface area contributed by atoms with Gasteiger partial charge in [-0.3, -0.25) is 9.48 Å². The van der Waals surface area contributed by atoms with Crippen molar-refractivity contribution in [3.8, 4) is 0 Å². The molecular formula is C12H19N3O2. The van der Waals surface area contributed by atoms with Crippen LogP contribution in [-0.2, 0) is 11.2 Å². The molecule has 5 nitrogen and oxygen atoms in total. The molecule has 1 aliphatic carbocycles. The zero-order valence-electron chi connectivity index (χ0n) is 9.88. The van der Waals surface area contributed by atoms with E-state index in [0.29, 0.717) is 6.54 Å². The highest BCUT2D eigenvalue weighted by atomic mass is 16.4. The van der Waals surface area contributed by atoms with Crippen molar-refractivity contribution in [2.24, 2.45) is 11.7 Å². The van der Waals surface area contributed by atoms with Crippen LogP contribution in [0.15, 0.2) is 12.4 Å². The fourth-order valence-corrected chi connectivity index (χ4v) is 2.57. The van der Waals surface area contributed by atoms with Crippen LogP contribution >= 0.6 is 0 Å². The second kappa shape index (κ2) is 5.31. The van der Waals surface area contributed by atoms with E-state index >= 15 is 0 Å². The van der Waals surface area contributed by atoms with Crippen LogP contribution in [0, 0.1) is 5.92 Å². The van der Waals surface area contributed by atoms with Gasteiger partial charge in [0.2, 0.25) is 0 Å². The lowest BCUT2D eigenvalue weighted by molar-refractivity contribution is -0.144. The summed E-state index contributed by atoms with van der Waals surface area (Å²) in [6.07, 6.45) is 8.28. The average Bonchev–Trinajstić information content (AvgIpc) is 2.78. The molecule has 0 saturated heterocycles. The Hall–Kier alpha value is -1.36. The van der Waals surface area contributed by atoms with E-state index < -0.39 is 5.97 Å². The third-order valence-electron chi connectivity index (χ3n) is 3.47. The molecular weight excluding hydrogens is 218 g/mol. The standard InChI is InChI=1S/C12H19N3O2/c13-6-5-9-7-14-15(8-9)11-4-2-1-3-10(11)12(16)17/h7-8,10-11H,1-6,13H2,(H,16,17). The summed E-state index contributed by atoms with van der Waals surface area (Å²) in [6.45, 7) is 0.596. The van der Waals surface area contributed by atoms with Gasteiger partial charge in [0.15, 0.2) is 0 Å². The van der Waals surface area contributed by atoms with Crippen molar-refractivity contribution in [2.75, 3.05) is 6.54 Å². The van der Waals surface area contributed by atoms with Crippen LogP contribution in [0.5, 0.6) is 0 Å². The summed E-state index contributed by atoms with van der Waals surface area (Å²) in [5.41, 5.74) is 6.58. The van der Waals surface area contributed by atoms with Crippen molar-refractivity contribution < 1.29 is 9.90 Å². The molecule has 1 heterocycles. The maximum Gasteiger partial charge on any atom is 0.308 e. The van der Waals surface area contributed by atoms with Crippen LogP contribution in [0.2, 0.25) is 0 Å². The van der Waals surface area contributed by atoms with Crippen LogP contribution in [0.1, 0.15) is 37.3 Å². The monoisotopic (exact) mass is 237 g/mol. The zero-order valence-corrected chi connectivity index (χ0v) is 9.88. The molecule has 0 amide bonds. The molecule has 2 unspecified atom stereocenters. The van der Waals surface area contributed by atoms with E-state index in [-0.39, 0.29) is 12.0 Å². The molecule has 0 bridgehead atoms. The van der Waals surface area contributed by atoms with Gasteiger partial charge in [-0.1, -0.05) is 12.8 Å². The van der Waals surface area contributed by atoms with E-state index in [2.05, 4.69) is 5.10 Å². The van der Waals surface area contributed by atoms with Crippen molar-refractivity contribution in [1.82, 2.24) is 9.78 Å². The number of carboxylic acids is 1. The van der Waals surface area contributed by atoms with Gasteiger partial charge in [-0.25, -0.2) is 0 Å². The maximum absolute atomic E-state index is 11.2. The normalized spacial score (nSPS) is 24.8. The lowest BCUT2D eigenvalue weighted by Gasteiger charge is -2.28. The van der Waals surface area contributed by atoms with Crippen molar-refractivity contribution in [3.05, 3.63) is 18.0 Å². The number of nitrogens with two attached hydrogens (primary N) is 1. The number of hydrogen-bond acceptors (Lipinski definition) is 3. The van der Waals surface area contributed by atoms with E-state index in [9.17, 15) is 9.90 Å². The van der Waals surface area contributed by atoms with E-state index in [1.165, 1.54) is 0 Å². The highest BCUT2D eigenvalue weighted by Crippen LogP contribution is 2.33. The Balaban J connectivity index is 2.14. The highest BCUT2D eigenvalue weighted by molar-refractivity contribution is 5.70. The molecule has 5 heteroatoms. The molecule has 1 aliphatic rings. The minimum atomic E-state index is -0.703. The summed E-state index contributed by atoms with van der Waals surface area (Å²) < 4.78 is 1.82. The van der Waals surface area contributed by atoms with E-state index in [1.807, 2.05) is 10.9 Å². The van der Waals surface area contributed by atoms with Gasteiger partial charge in [-0.2, -0.15) is 5.10 Å². The SMILES string of the molecule is NCCc1cnn(C2CCCCC2C(=O)O)c1. The third kappa shape index (κ3) is 2.66. The maximum atomic E-state index is 11.2. The Morgan fingerprint density at radius 3 is 3.00 bits per heavy atom. The van der Waals surface area contributed by atoms with Gasteiger partial charge in [0.05, 0.1) is 18.2 Å². The number of carbonyl (C=O) groups is 1. The highest BCUT2D eigenvalue weighted by Gasteiger charge is 2.32. The molecule has 1 fully saturated rings. The van der Waals surface area contributed by atoms with Crippen molar-refractivity contribution in [3.63, 3.8) is 0 Å². The lowest BCUT2D eigenvalue weighted by Crippen LogP contribution is -2.29. The van der Waals surface area contributed by atoms with Crippen LogP contribution in [0.4, 0.5) is 0 Å². The number of nitrogens with zero attached hydrogens (tertiary/aromatic N) is 2. The Bertz CT molecular complexity index is 389. The smallest absolute Gasteiger partial charge is 0.308 e. The quantitative estimate of drug-likeness (QED) is 0.824. The summed E-state index contributed by atoms with van der Waals surface area (Å²) in [6, 6.07) is 0.00720. The van der Waals surface area contributed by atoms with Crippen molar-refractivity contribution in [2.45, 2.75) is 38.1 Å². The van der Waals surface area contributed by atoms with Gasteiger partial charge >= 0.3 is 5.97 Å². The fourth-order valence-electron chi connectivity index (χ4n) is 2.57. The molecule has 0 spiro atoms. The number of carboxylic acid groups (broad SMARTS) is 1. The average molecular weight is 237 g/mol. The second-order valence-electron chi connectivity index (χ2n) is 4.66. The van der Waals surface area contributed by atoms with Crippen LogP contribution in [0.25, 0.3) is 0 Å². The molecule has 0 radical (unpaired) electrons. The Kier molecular flexibility index (Phi) is 3.78. The first-order valence-electron chi connectivity index (χ1n) is 6.18. The Morgan fingerprint density at radius 1 is 1.53 bits per heavy atom. The van der Waals surface area contributed by atoms with Crippen molar-refractivity contribution >= 4 is 5.97 Å². The molecule has 1 aromatic rings. The molecule has 2 rings (SSSR count). The first-order valence-corrected chi connectivity index (χ1v) is 6.18. The van der Waals surface area contributed by atoms with E-state index in [4.69, 9.17) is 5.73 Å². The molecule has 17 heavy (non-hydrogen) atoms. The van der Waals surface area contributed by atoms with Crippen LogP contribution in [-0.4, -0.2) is 27.4 Å². The zero-order chi connectivity index (χ0) is 12.3. The molecule has 2 atom stereocenters. The van der Waals surface area contributed by atoms with E-state index in [0.717, 1.165) is 37.7 Å². The Labute approximate surface area is 101 Å². The molecule has 3 N–H and O–H groups in total. The summed E-state index contributed by atoms with van der Waals surface area (Å²) in [4.78, 5) is 11.2. The molecule has 0 aromatic carbocycles. The largest absolute Gasteiger partial charge is 0.481 e. The van der Waals surface area contributed by atoms with Gasteiger partial charge in [-0.15, -0.1) is 0 Å². The van der Waals surface area contributed by atoms with Gasteiger partial charge in [0, 0.05) is 6.20 Å². The van der Waals surface area contributed by atoms with Crippen LogP contribution < -0.4 is 5.73 Å². The van der Waals surface area contributed by atoms with Gasteiger partial charge in [-0.05, 0) is 31.4 Å². The lowest BCUT2D eigenvalue weighted by atomic mass is 9.84. The number of aromatic nitrogens is 2. The van der Waals surface area contributed by atoms with Gasteiger partial charge in [0.25, 0.3) is 0 Å². The third-order valence-corrected chi connectivity index (χ3v) is 3.47. The molecule has 1 aromatic heterocycles. The predicted octanol–water partition coefficient (Wildman–Crippen LogP) is 1.20. The molecule has 0 aliphatic heterocycles. The van der Waals surface area contributed by atoms with Gasteiger partial charge in [0.1, 0.15) is 0 Å². The molecule has 94 valence electrons. The molecule has 1 saturated carbocycles. The first kappa shape index (κ1) is 12.1. The van der Waals surface area contributed by atoms with Crippen LogP contribution in [0.3, 0.4) is 0 Å². The minimum absolute atomic E-state index is 0.00720. The summed E-state index contributed by atoms with van der Waals surface area (Å²) in [7, 11) is 0. The van der Waals surface area contributed by atoms with E-state index in [1.54, 1.807) is 6.20 Å². The predicted molar refractivity (Wildman–Crippen MR) is 63.6 cm³/mol. The second-order valence-corrected chi connectivity index (χ2v) is 4.66. The van der Waals surface area contributed by atoms with Gasteiger partial charge < -0.3 is 10.8 Å². The first-order chi connectivity index (χ1) is 8.22. The number of hydrogen-bond donors (Lipinski definition) is 2. The summed E-state index contributed by atoms with van der Waals surface area (Å²) >= 11 is 0. The minimum Gasteiger partial charge on any atom is -0.481 e. The summed E-state index contributed by atoms with van der Waals surface area (Å²) in [5.74, 6) is -1.00. The number of aliphatic carboxylic acids is 1. The summed E-state index contributed by atoms with van der Waals surface area (Å²) in [5, 5.41) is 13.5. The number of rotatable bonds is 4. The topological polar surface area (TPSA) is 81.1 Å². The fraction of sp³-hybridized carbons (Fsp3) is 0.667. The Morgan fingerprint density at radius 2 is 2.29 bits per heavy atom.